The van der Waals surface area contributed by atoms with Crippen molar-refractivity contribution in [3.63, 3.8) is 0 Å². The van der Waals surface area contributed by atoms with Gasteiger partial charge in [0.1, 0.15) is 0 Å². The third-order valence-electron chi connectivity index (χ3n) is 4.43. The molecule has 5 nitrogen and oxygen atoms in total. The highest BCUT2D eigenvalue weighted by atomic mass is 35.5. The van der Waals surface area contributed by atoms with Gasteiger partial charge in [0.15, 0.2) is 0 Å². The lowest BCUT2D eigenvalue weighted by Crippen LogP contribution is -2.20. The van der Waals surface area contributed by atoms with E-state index in [0.29, 0.717) is 27.5 Å². The highest BCUT2D eigenvalue weighted by molar-refractivity contribution is 6.37. The molecular weight excluding hydrogens is 421 g/mol. The van der Waals surface area contributed by atoms with Crippen molar-refractivity contribution >= 4 is 46.4 Å². The van der Waals surface area contributed by atoms with Crippen molar-refractivity contribution in [1.29, 1.82) is 0 Å². The van der Waals surface area contributed by atoms with Crippen LogP contribution < -0.4 is 10.7 Å². The molecule has 152 valence electrons. The minimum absolute atomic E-state index is 0.271. The standard InChI is InChI=1S/C23H19Cl2N3O2/c1-14-6-3-4-9-19(14)23(30)28-27-15(2)16-7-5-8-18(12-16)26-22(29)20-11-10-17(24)13-21(20)25/h3-13H,1-2H3,(H,26,29)(H,28,30). The normalized spacial score (nSPS) is 11.1. The number of amides is 2. The number of anilines is 1. The first-order valence-corrected chi connectivity index (χ1v) is 9.88. The maximum atomic E-state index is 12.5. The van der Waals surface area contributed by atoms with Crippen LogP contribution in [0.3, 0.4) is 0 Å². The van der Waals surface area contributed by atoms with Crippen molar-refractivity contribution in [3.05, 3.63) is 99.0 Å². The van der Waals surface area contributed by atoms with E-state index in [-0.39, 0.29) is 16.8 Å². The van der Waals surface area contributed by atoms with Crippen LogP contribution in [0.1, 0.15) is 38.8 Å². The Labute approximate surface area is 184 Å². The van der Waals surface area contributed by atoms with Crippen LogP contribution in [0.15, 0.2) is 71.8 Å². The zero-order chi connectivity index (χ0) is 21.7. The smallest absolute Gasteiger partial charge is 0.271 e. The number of nitrogens with one attached hydrogen (secondary N) is 2. The van der Waals surface area contributed by atoms with Crippen LogP contribution in [0.25, 0.3) is 0 Å². The molecular formula is C23H19Cl2N3O2. The Bertz CT molecular complexity index is 1140. The number of benzene rings is 3. The lowest BCUT2D eigenvalue weighted by Gasteiger charge is -2.09. The molecule has 2 amide bonds. The fourth-order valence-electron chi connectivity index (χ4n) is 2.78. The summed E-state index contributed by atoms with van der Waals surface area (Å²) in [7, 11) is 0. The molecule has 0 radical (unpaired) electrons. The zero-order valence-corrected chi connectivity index (χ0v) is 17.9. The molecule has 3 rings (SSSR count). The van der Waals surface area contributed by atoms with Gasteiger partial charge in [-0.3, -0.25) is 9.59 Å². The minimum Gasteiger partial charge on any atom is -0.322 e. The molecule has 0 spiro atoms. The fourth-order valence-corrected chi connectivity index (χ4v) is 3.28. The lowest BCUT2D eigenvalue weighted by atomic mass is 10.1. The highest BCUT2D eigenvalue weighted by Crippen LogP contribution is 2.22. The molecule has 0 bridgehead atoms. The number of aryl methyl sites for hydroxylation is 1. The van der Waals surface area contributed by atoms with Gasteiger partial charge >= 0.3 is 0 Å². The van der Waals surface area contributed by atoms with E-state index >= 15 is 0 Å². The Balaban J connectivity index is 1.72. The molecule has 3 aromatic carbocycles. The van der Waals surface area contributed by atoms with E-state index in [1.165, 1.54) is 6.07 Å². The van der Waals surface area contributed by atoms with Crippen LogP contribution in [-0.2, 0) is 0 Å². The third-order valence-corrected chi connectivity index (χ3v) is 4.98. The molecule has 3 aromatic rings. The quantitative estimate of drug-likeness (QED) is 0.394. The van der Waals surface area contributed by atoms with E-state index in [0.717, 1.165) is 11.1 Å². The first-order chi connectivity index (χ1) is 14.3. The Morgan fingerprint density at radius 2 is 1.63 bits per heavy atom. The zero-order valence-electron chi connectivity index (χ0n) is 16.4. The van der Waals surface area contributed by atoms with Gasteiger partial charge in [-0.05, 0) is 61.4 Å². The van der Waals surface area contributed by atoms with E-state index in [1.807, 2.05) is 25.1 Å². The Morgan fingerprint density at radius 3 is 2.37 bits per heavy atom. The summed E-state index contributed by atoms with van der Waals surface area (Å²) in [5, 5.41) is 7.71. The molecule has 7 heteroatoms. The van der Waals surface area contributed by atoms with Crippen LogP contribution >= 0.6 is 23.2 Å². The van der Waals surface area contributed by atoms with Crippen LogP contribution in [0.2, 0.25) is 10.0 Å². The Kier molecular flexibility index (Phi) is 6.87. The molecule has 0 aliphatic heterocycles. The van der Waals surface area contributed by atoms with E-state index in [9.17, 15) is 9.59 Å². The van der Waals surface area contributed by atoms with Crippen molar-refractivity contribution < 1.29 is 9.59 Å². The van der Waals surface area contributed by atoms with Crippen LogP contribution in [0.4, 0.5) is 5.69 Å². The SMILES string of the molecule is CC(=NNC(=O)c1ccccc1C)c1cccc(NC(=O)c2ccc(Cl)cc2Cl)c1. The molecule has 30 heavy (non-hydrogen) atoms. The summed E-state index contributed by atoms with van der Waals surface area (Å²) in [5.74, 6) is -0.634. The van der Waals surface area contributed by atoms with Gasteiger partial charge in [0.05, 0.1) is 16.3 Å². The second kappa shape index (κ2) is 9.57. The summed E-state index contributed by atoms with van der Waals surface area (Å²) in [6.45, 7) is 3.64. The van der Waals surface area contributed by atoms with E-state index in [2.05, 4.69) is 15.8 Å². The molecule has 0 heterocycles. The van der Waals surface area contributed by atoms with Crippen molar-refractivity contribution in [2.45, 2.75) is 13.8 Å². The third kappa shape index (κ3) is 5.26. The Hall–Kier alpha value is -3.15. The summed E-state index contributed by atoms with van der Waals surface area (Å²) in [6.07, 6.45) is 0. The molecule has 0 aromatic heterocycles. The predicted molar refractivity (Wildman–Crippen MR) is 122 cm³/mol. The molecule has 0 saturated heterocycles. The molecule has 0 unspecified atom stereocenters. The number of nitrogens with zero attached hydrogens (tertiary/aromatic N) is 1. The largest absolute Gasteiger partial charge is 0.322 e. The lowest BCUT2D eigenvalue weighted by molar-refractivity contribution is 0.0953. The van der Waals surface area contributed by atoms with Gasteiger partial charge in [0.2, 0.25) is 0 Å². The maximum Gasteiger partial charge on any atom is 0.271 e. The highest BCUT2D eigenvalue weighted by Gasteiger charge is 2.12. The topological polar surface area (TPSA) is 70.6 Å². The molecule has 0 aliphatic rings. The van der Waals surface area contributed by atoms with Crippen molar-refractivity contribution in [1.82, 2.24) is 5.43 Å². The number of carbonyl (C=O) groups is 2. The number of hydrogen-bond acceptors (Lipinski definition) is 3. The van der Waals surface area contributed by atoms with E-state index in [1.54, 1.807) is 49.4 Å². The van der Waals surface area contributed by atoms with Crippen molar-refractivity contribution in [3.8, 4) is 0 Å². The molecule has 0 aliphatic carbocycles. The average molecular weight is 440 g/mol. The first-order valence-electron chi connectivity index (χ1n) is 9.12. The molecule has 0 fully saturated rings. The molecule has 2 N–H and O–H groups in total. The molecule has 0 atom stereocenters. The second-order valence-electron chi connectivity index (χ2n) is 6.61. The van der Waals surface area contributed by atoms with Crippen LogP contribution in [0, 0.1) is 6.92 Å². The fraction of sp³-hybridized carbons (Fsp3) is 0.0870. The molecule has 0 saturated carbocycles. The van der Waals surface area contributed by atoms with Crippen molar-refractivity contribution in [2.75, 3.05) is 5.32 Å². The minimum atomic E-state index is -0.351. The van der Waals surface area contributed by atoms with Gasteiger partial charge in [-0.1, -0.05) is 53.5 Å². The van der Waals surface area contributed by atoms with Crippen molar-refractivity contribution in [2.24, 2.45) is 5.10 Å². The Morgan fingerprint density at radius 1 is 0.867 bits per heavy atom. The second-order valence-corrected chi connectivity index (χ2v) is 7.46. The summed E-state index contributed by atoms with van der Waals surface area (Å²) >= 11 is 12.0. The number of hydrogen-bond donors (Lipinski definition) is 2. The van der Waals surface area contributed by atoms with Gasteiger partial charge in [-0.15, -0.1) is 0 Å². The first kappa shape index (κ1) is 21.6. The van der Waals surface area contributed by atoms with Gasteiger partial charge in [0.25, 0.3) is 11.8 Å². The number of halogens is 2. The van der Waals surface area contributed by atoms with Gasteiger partial charge in [-0.2, -0.15) is 5.10 Å². The summed E-state index contributed by atoms with van der Waals surface area (Å²) < 4.78 is 0. The average Bonchev–Trinajstić information content (AvgIpc) is 2.72. The predicted octanol–water partition coefficient (Wildman–Crippen LogP) is 5.71. The van der Waals surface area contributed by atoms with Crippen LogP contribution in [0.5, 0.6) is 0 Å². The van der Waals surface area contributed by atoms with Gasteiger partial charge in [-0.25, -0.2) is 5.43 Å². The maximum absolute atomic E-state index is 12.5. The number of rotatable bonds is 5. The van der Waals surface area contributed by atoms with Gasteiger partial charge in [0, 0.05) is 16.3 Å². The number of carbonyl (C=O) groups excluding carboxylic acids is 2. The monoisotopic (exact) mass is 439 g/mol. The van der Waals surface area contributed by atoms with Gasteiger partial charge < -0.3 is 5.32 Å². The number of hydrazone groups is 1. The van der Waals surface area contributed by atoms with Crippen LogP contribution in [-0.4, -0.2) is 17.5 Å². The summed E-state index contributed by atoms with van der Waals surface area (Å²) in [6, 6.07) is 19.1. The van der Waals surface area contributed by atoms with E-state index < -0.39 is 0 Å². The summed E-state index contributed by atoms with van der Waals surface area (Å²) in [5.41, 5.74) is 6.24. The van der Waals surface area contributed by atoms with E-state index in [4.69, 9.17) is 23.2 Å². The summed E-state index contributed by atoms with van der Waals surface area (Å²) in [4.78, 5) is 24.8.